The molecule has 0 fully saturated rings. The van der Waals surface area contributed by atoms with E-state index in [0.29, 0.717) is 12.1 Å². The summed E-state index contributed by atoms with van der Waals surface area (Å²) in [7, 11) is 4.21. The van der Waals surface area contributed by atoms with Crippen LogP contribution < -0.4 is 10.2 Å². The second-order valence-electron chi connectivity index (χ2n) is 5.48. The van der Waals surface area contributed by atoms with Crippen LogP contribution in [0.15, 0.2) is 57.0 Å². The number of aromatic nitrogens is 1. The fourth-order valence-electron chi connectivity index (χ4n) is 2.00. The summed E-state index contributed by atoms with van der Waals surface area (Å²) < 4.78 is 1.03. The normalized spacial score (nSPS) is 10.8. The van der Waals surface area contributed by atoms with Crippen LogP contribution in [0.1, 0.15) is 16.8 Å². The summed E-state index contributed by atoms with van der Waals surface area (Å²) in [6.45, 7) is 1.72. The molecule has 0 unspecified atom stereocenters. The molecule has 0 saturated heterocycles. The van der Waals surface area contributed by atoms with E-state index in [1.54, 1.807) is 12.3 Å². The first-order chi connectivity index (χ1) is 11.1. The van der Waals surface area contributed by atoms with Gasteiger partial charge in [0.15, 0.2) is 0 Å². The number of rotatable bonds is 7. The van der Waals surface area contributed by atoms with Gasteiger partial charge in [-0.2, -0.15) is 0 Å². The number of halogens is 1. The molecule has 2 aromatic rings. The van der Waals surface area contributed by atoms with Crippen LogP contribution in [0.5, 0.6) is 0 Å². The molecule has 6 heteroatoms. The Labute approximate surface area is 149 Å². The maximum absolute atomic E-state index is 12.4. The number of pyridine rings is 1. The quantitative estimate of drug-likeness (QED) is 0.708. The molecule has 0 saturated carbocycles. The van der Waals surface area contributed by atoms with Crippen LogP contribution in [0.3, 0.4) is 0 Å². The highest BCUT2D eigenvalue weighted by atomic mass is 79.9. The van der Waals surface area contributed by atoms with E-state index >= 15 is 0 Å². The summed E-state index contributed by atoms with van der Waals surface area (Å²) in [6.07, 6.45) is 2.68. The van der Waals surface area contributed by atoms with Gasteiger partial charge in [0.05, 0.1) is 26.2 Å². The van der Waals surface area contributed by atoms with Crippen molar-refractivity contribution in [2.45, 2.75) is 16.3 Å². The van der Waals surface area contributed by atoms with Crippen LogP contribution in [0.4, 0.5) is 0 Å². The minimum Gasteiger partial charge on any atom is -0.352 e. The first kappa shape index (κ1) is 18.0. The molecule has 2 rings (SSSR count). The molecule has 0 radical (unpaired) electrons. The summed E-state index contributed by atoms with van der Waals surface area (Å²) in [4.78, 5) is 19.2. The third-order valence-corrected chi connectivity index (χ3v) is 4.74. The van der Waals surface area contributed by atoms with Crippen molar-refractivity contribution in [3.63, 3.8) is 0 Å². The Bertz CT molecular complexity index is 647. The molecular formula is C17H21BrN3OS+. The fraction of sp³-hybridized carbons (Fsp3) is 0.294. The van der Waals surface area contributed by atoms with Gasteiger partial charge in [-0.15, -0.1) is 0 Å². The number of carbonyl (C=O) groups is 1. The Kier molecular flexibility index (Phi) is 7.08. The average molecular weight is 395 g/mol. The maximum Gasteiger partial charge on any atom is 0.254 e. The topological polar surface area (TPSA) is 46.4 Å². The Hall–Kier alpha value is -1.37. The number of hydrogen-bond acceptors (Lipinski definition) is 3. The predicted molar refractivity (Wildman–Crippen MR) is 97.1 cm³/mol. The van der Waals surface area contributed by atoms with Gasteiger partial charge in [-0.25, -0.2) is 4.98 Å². The molecule has 1 aromatic heterocycles. The summed E-state index contributed by atoms with van der Waals surface area (Å²) in [5.41, 5.74) is 0.623. The van der Waals surface area contributed by atoms with E-state index in [0.717, 1.165) is 27.4 Å². The molecule has 23 heavy (non-hydrogen) atoms. The summed E-state index contributed by atoms with van der Waals surface area (Å²) >= 11 is 4.92. The van der Waals surface area contributed by atoms with Gasteiger partial charge < -0.3 is 10.2 Å². The molecule has 0 aliphatic carbocycles. The molecule has 0 aliphatic rings. The van der Waals surface area contributed by atoms with Crippen molar-refractivity contribution >= 4 is 33.6 Å². The van der Waals surface area contributed by atoms with Gasteiger partial charge in [-0.1, -0.05) is 27.7 Å². The maximum atomic E-state index is 12.4. The van der Waals surface area contributed by atoms with Gasteiger partial charge >= 0.3 is 0 Å². The summed E-state index contributed by atoms with van der Waals surface area (Å²) in [5.74, 6) is -0.0635. The Balaban J connectivity index is 2.01. The third-order valence-electron chi connectivity index (χ3n) is 3.18. The molecule has 1 heterocycles. The van der Waals surface area contributed by atoms with Gasteiger partial charge in [0, 0.05) is 28.5 Å². The molecule has 4 nitrogen and oxygen atoms in total. The third kappa shape index (κ3) is 5.97. The summed E-state index contributed by atoms with van der Waals surface area (Å²) in [6, 6.07) is 11.6. The highest BCUT2D eigenvalue weighted by Crippen LogP contribution is 2.29. The van der Waals surface area contributed by atoms with E-state index in [4.69, 9.17) is 0 Å². The van der Waals surface area contributed by atoms with Gasteiger partial charge in [0.2, 0.25) is 0 Å². The number of nitrogens with zero attached hydrogens (tertiary/aromatic N) is 1. The van der Waals surface area contributed by atoms with Crippen molar-refractivity contribution in [3.05, 3.63) is 52.6 Å². The van der Waals surface area contributed by atoms with Crippen molar-refractivity contribution in [2.75, 3.05) is 27.2 Å². The smallest absolute Gasteiger partial charge is 0.254 e. The van der Waals surface area contributed by atoms with Crippen LogP contribution >= 0.6 is 27.7 Å². The number of hydrogen-bond donors (Lipinski definition) is 2. The number of amides is 1. The summed E-state index contributed by atoms with van der Waals surface area (Å²) in [5, 5.41) is 3.70. The Morgan fingerprint density at radius 1 is 1.26 bits per heavy atom. The van der Waals surface area contributed by atoms with E-state index in [1.165, 1.54) is 16.7 Å². The van der Waals surface area contributed by atoms with Crippen LogP contribution in [0, 0.1) is 0 Å². The van der Waals surface area contributed by atoms with Crippen molar-refractivity contribution in [1.82, 2.24) is 10.3 Å². The van der Waals surface area contributed by atoms with Crippen LogP contribution in [-0.2, 0) is 0 Å². The number of benzene rings is 1. The molecule has 0 aliphatic heterocycles. The lowest BCUT2D eigenvalue weighted by atomic mass is 10.2. The second-order valence-corrected chi connectivity index (χ2v) is 7.46. The Morgan fingerprint density at radius 2 is 2.00 bits per heavy atom. The van der Waals surface area contributed by atoms with Crippen molar-refractivity contribution in [1.29, 1.82) is 0 Å². The van der Waals surface area contributed by atoms with E-state index in [-0.39, 0.29) is 5.91 Å². The SMILES string of the molecule is C[NH+](C)CCCNC(=O)c1cccnc1Sc1ccc(Br)cc1. The van der Waals surface area contributed by atoms with Crippen LogP contribution in [0.2, 0.25) is 0 Å². The largest absolute Gasteiger partial charge is 0.352 e. The van der Waals surface area contributed by atoms with Crippen molar-refractivity contribution in [2.24, 2.45) is 0 Å². The molecule has 0 spiro atoms. The first-order valence-corrected chi connectivity index (χ1v) is 9.13. The monoisotopic (exact) mass is 394 g/mol. The van der Waals surface area contributed by atoms with E-state index in [2.05, 4.69) is 40.3 Å². The molecule has 0 atom stereocenters. The zero-order valence-corrected chi connectivity index (χ0v) is 15.7. The predicted octanol–water partition coefficient (Wildman–Crippen LogP) is 2.26. The van der Waals surface area contributed by atoms with Gasteiger partial charge in [-0.3, -0.25) is 4.79 Å². The van der Waals surface area contributed by atoms with Crippen LogP contribution in [0.25, 0.3) is 0 Å². The van der Waals surface area contributed by atoms with Gasteiger partial charge in [0.1, 0.15) is 5.03 Å². The molecule has 2 N–H and O–H groups in total. The zero-order valence-electron chi connectivity index (χ0n) is 13.3. The number of carbonyl (C=O) groups excluding carboxylic acids is 1. The highest BCUT2D eigenvalue weighted by molar-refractivity contribution is 9.10. The van der Waals surface area contributed by atoms with Gasteiger partial charge in [-0.05, 0) is 36.4 Å². The van der Waals surface area contributed by atoms with Gasteiger partial charge in [0.25, 0.3) is 5.91 Å². The molecular weight excluding hydrogens is 374 g/mol. The first-order valence-electron chi connectivity index (χ1n) is 7.52. The molecule has 1 aromatic carbocycles. The fourth-order valence-corrected chi connectivity index (χ4v) is 3.14. The lowest BCUT2D eigenvalue weighted by molar-refractivity contribution is -0.858. The van der Waals surface area contributed by atoms with E-state index < -0.39 is 0 Å². The minimum atomic E-state index is -0.0635. The molecule has 0 bridgehead atoms. The second kappa shape index (κ2) is 9.05. The highest BCUT2D eigenvalue weighted by Gasteiger charge is 2.13. The Morgan fingerprint density at radius 3 is 2.70 bits per heavy atom. The van der Waals surface area contributed by atoms with Crippen molar-refractivity contribution < 1.29 is 9.69 Å². The lowest BCUT2D eigenvalue weighted by Crippen LogP contribution is -3.05. The van der Waals surface area contributed by atoms with Crippen LogP contribution in [-0.4, -0.2) is 38.1 Å². The molecule has 1 amide bonds. The van der Waals surface area contributed by atoms with E-state index in [1.807, 2.05) is 30.3 Å². The zero-order chi connectivity index (χ0) is 16.7. The standard InChI is InChI=1S/C17H20BrN3OS/c1-21(2)12-4-11-19-16(22)15-5-3-10-20-17(15)23-14-8-6-13(18)7-9-14/h3,5-10H,4,11-12H2,1-2H3,(H,19,22)/p+1. The average Bonchev–Trinajstić information content (AvgIpc) is 2.54. The lowest BCUT2D eigenvalue weighted by Gasteiger charge is -2.10. The van der Waals surface area contributed by atoms with Crippen molar-refractivity contribution in [3.8, 4) is 0 Å². The van der Waals surface area contributed by atoms with E-state index in [9.17, 15) is 4.79 Å². The number of nitrogens with one attached hydrogen (secondary N) is 2. The number of quaternary nitrogens is 1. The minimum absolute atomic E-state index is 0.0635. The molecule has 122 valence electrons.